The van der Waals surface area contributed by atoms with Crippen molar-refractivity contribution >= 4 is 0 Å². The molecule has 0 radical (unpaired) electrons. The van der Waals surface area contributed by atoms with E-state index in [0.29, 0.717) is 5.92 Å². The first-order valence-electron chi connectivity index (χ1n) is 15.3. The van der Waals surface area contributed by atoms with Gasteiger partial charge in [-0.05, 0) is 12.8 Å². The van der Waals surface area contributed by atoms with Gasteiger partial charge in [0.05, 0.1) is 0 Å². The van der Waals surface area contributed by atoms with Crippen molar-refractivity contribution in [3.05, 3.63) is 0 Å². The van der Waals surface area contributed by atoms with E-state index in [2.05, 4.69) is 20.8 Å². The van der Waals surface area contributed by atoms with Gasteiger partial charge in [-0.1, -0.05) is 156 Å². The average Bonchev–Trinajstić information content (AvgIpc) is 2.83. The second kappa shape index (κ2) is 25.0. The monoisotopic (exact) mass is 468 g/mol. The molecule has 33 heavy (non-hydrogen) atoms. The smallest absolute Gasteiger partial charge is 0.170 e. The van der Waals surface area contributed by atoms with Gasteiger partial charge in [-0.15, -0.1) is 0 Å². The van der Waals surface area contributed by atoms with Gasteiger partial charge in [-0.25, -0.2) is 0 Å². The first kappa shape index (κ1) is 32.9. The lowest BCUT2D eigenvalue weighted by Gasteiger charge is -2.37. The lowest BCUT2D eigenvalue weighted by molar-refractivity contribution is -0.242. The molecule has 2 heteroatoms. The lowest BCUT2D eigenvalue weighted by Crippen LogP contribution is -2.40. The zero-order valence-electron chi connectivity index (χ0n) is 23.9. The van der Waals surface area contributed by atoms with Crippen LogP contribution in [0.5, 0.6) is 0 Å². The number of methoxy groups -OCH3 is 2. The number of rotatable bonds is 27. The van der Waals surface area contributed by atoms with Gasteiger partial charge in [0.15, 0.2) is 5.79 Å². The molecule has 0 aromatic heterocycles. The van der Waals surface area contributed by atoms with Gasteiger partial charge in [0.2, 0.25) is 0 Å². The van der Waals surface area contributed by atoms with Crippen molar-refractivity contribution < 1.29 is 9.47 Å². The summed E-state index contributed by atoms with van der Waals surface area (Å²) in [6.07, 6.45) is 33.0. The van der Waals surface area contributed by atoms with Gasteiger partial charge < -0.3 is 9.47 Å². The summed E-state index contributed by atoms with van der Waals surface area (Å²) in [5.41, 5.74) is 0. The second-order valence-electron chi connectivity index (χ2n) is 10.7. The largest absolute Gasteiger partial charge is 0.353 e. The van der Waals surface area contributed by atoms with Crippen molar-refractivity contribution in [1.29, 1.82) is 0 Å². The van der Waals surface area contributed by atoms with Crippen LogP contribution in [0.4, 0.5) is 0 Å². The summed E-state index contributed by atoms with van der Waals surface area (Å²) in [5.74, 6) is 0.0920. The molecule has 0 N–H and O–H groups in total. The van der Waals surface area contributed by atoms with E-state index in [1.165, 1.54) is 148 Å². The molecular formula is C31H64O2. The third-order valence-corrected chi connectivity index (χ3v) is 7.81. The predicted octanol–water partition coefficient (Wildman–Crippen LogP) is 11.0. The number of hydrogen-bond donors (Lipinski definition) is 0. The third-order valence-electron chi connectivity index (χ3n) is 7.81. The topological polar surface area (TPSA) is 18.5 Å². The van der Waals surface area contributed by atoms with Crippen LogP contribution in [-0.4, -0.2) is 20.0 Å². The molecule has 0 saturated carbocycles. The molecule has 0 bridgehead atoms. The molecule has 0 saturated heterocycles. The molecule has 1 unspecified atom stereocenters. The molecule has 0 amide bonds. The molecule has 0 aromatic rings. The van der Waals surface area contributed by atoms with Gasteiger partial charge >= 0.3 is 0 Å². The molecule has 0 heterocycles. The summed E-state index contributed by atoms with van der Waals surface area (Å²) < 4.78 is 11.9. The van der Waals surface area contributed by atoms with Crippen molar-refractivity contribution in [3.63, 3.8) is 0 Å². The standard InChI is InChI=1S/C31H64O2/c1-6-8-10-12-14-15-16-17-18-19-20-21-22-23-25-27-29-31(32-4,33-5)30(3)28-26-24-13-11-9-7-2/h30H,6-29H2,1-5H3. The van der Waals surface area contributed by atoms with Gasteiger partial charge in [-0.3, -0.25) is 0 Å². The molecule has 0 aliphatic rings. The molecule has 200 valence electrons. The Bertz CT molecular complexity index is 364. The maximum Gasteiger partial charge on any atom is 0.170 e. The van der Waals surface area contributed by atoms with Crippen LogP contribution < -0.4 is 0 Å². The van der Waals surface area contributed by atoms with E-state index in [0.717, 1.165) is 6.42 Å². The van der Waals surface area contributed by atoms with E-state index in [9.17, 15) is 0 Å². The van der Waals surface area contributed by atoms with Crippen LogP contribution >= 0.6 is 0 Å². The highest BCUT2D eigenvalue weighted by molar-refractivity contribution is 4.76. The van der Waals surface area contributed by atoms with Crippen LogP contribution in [0.15, 0.2) is 0 Å². The number of ether oxygens (including phenoxy) is 2. The van der Waals surface area contributed by atoms with E-state index in [1.54, 1.807) is 0 Å². The van der Waals surface area contributed by atoms with Crippen LogP contribution in [0.1, 0.15) is 175 Å². The molecule has 0 aliphatic heterocycles. The number of hydrogen-bond acceptors (Lipinski definition) is 2. The maximum absolute atomic E-state index is 5.95. The summed E-state index contributed by atoms with van der Waals surface area (Å²) in [7, 11) is 3.68. The highest BCUT2D eigenvalue weighted by atomic mass is 16.7. The molecule has 2 nitrogen and oxygen atoms in total. The molecule has 0 spiro atoms. The van der Waals surface area contributed by atoms with Gasteiger partial charge in [0.1, 0.15) is 0 Å². The highest BCUT2D eigenvalue weighted by Gasteiger charge is 2.35. The molecule has 0 aromatic carbocycles. The van der Waals surface area contributed by atoms with Crippen LogP contribution in [0, 0.1) is 5.92 Å². The molecule has 1 atom stereocenters. The molecule has 0 fully saturated rings. The summed E-state index contributed by atoms with van der Waals surface area (Å²) in [5, 5.41) is 0. The van der Waals surface area contributed by atoms with Gasteiger partial charge in [-0.2, -0.15) is 0 Å². The Kier molecular flexibility index (Phi) is 25.0. The Labute approximate surface area is 210 Å². The Morgan fingerprint density at radius 2 is 0.758 bits per heavy atom. The Balaban J connectivity index is 3.66. The van der Waals surface area contributed by atoms with E-state index >= 15 is 0 Å². The number of unbranched alkanes of at least 4 members (excludes halogenated alkanes) is 20. The third kappa shape index (κ3) is 18.9. The SMILES string of the molecule is CCCCCCCCCCCCCCCCCCC(OC)(OC)C(C)CCCCCCCC. The van der Waals surface area contributed by atoms with Crippen LogP contribution in [0.2, 0.25) is 0 Å². The minimum Gasteiger partial charge on any atom is -0.353 e. The molecule has 0 rings (SSSR count). The Hall–Kier alpha value is -0.0800. The Morgan fingerprint density at radius 1 is 0.455 bits per heavy atom. The van der Waals surface area contributed by atoms with Crippen LogP contribution in [0.3, 0.4) is 0 Å². The fraction of sp³-hybridized carbons (Fsp3) is 1.00. The summed E-state index contributed by atoms with van der Waals surface area (Å²) >= 11 is 0. The van der Waals surface area contributed by atoms with Crippen molar-refractivity contribution in [3.8, 4) is 0 Å². The fourth-order valence-electron chi connectivity index (χ4n) is 5.31. The van der Waals surface area contributed by atoms with Crippen LogP contribution in [0.25, 0.3) is 0 Å². The van der Waals surface area contributed by atoms with E-state index in [1.807, 2.05) is 14.2 Å². The van der Waals surface area contributed by atoms with Crippen molar-refractivity contribution in [2.45, 2.75) is 181 Å². The first-order valence-corrected chi connectivity index (χ1v) is 15.3. The normalized spacial score (nSPS) is 13.0. The van der Waals surface area contributed by atoms with E-state index < -0.39 is 0 Å². The van der Waals surface area contributed by atoms with E-state index in [4.69, 9.17) is 9.47 Å². The second-order valence-corrected chi connectivity index (χ2v) is 10.7. The zero-order valence-corrected chi connectivity index (χ0v) is 23.9. The summed E-state index contributed by atoms with van der Waals surface area (Å²) in [6, 6.07) is 0. The van der Waals surface area contributed by atoms with Gasteiger partial charge in [0, 0.05) is 26.6 Å². The maximum atomic E-state index is 5.95. The van der Waals surface area contributed by atoms with Crippen LogP contribution in [-0.2, 0) is 9.47 Å². The summed E-state index contributed by atoms with van der Waals surface area (Å²) in [4.78, 5) is 0. The zero-order chi connectivity index (χ0) is 24.5. The molecular weight excluding hydrogens is 404 g/mol. The average molecular weight is 469 g/mol. The minimum absolute atomic E-state index is 0.376. The summed E-state index contributed by atoms with van der Waals surface area (Å²) in [6.45, 7) is 6.91. The lowest BCUT2D eigenvalue weighted by atomic mass is 9.89. The highest BCUT2D eigenvalue weighted by Crippen LogP contribution is 2.32. The fourth-order valence-corrected chi connectivity index (χ4v) is 5.31. The molecule has 0 aliphatic carbocycles. The van der Waals surface area contributed by atoms with Crippen molar-refractivity contribution in [2.24, 2.45) is 5.92 Å². The van der Waals surface area contributed by atoms with Gasteiger partial charge in [0.25, 0.3) is 0 Å². The Morgan fingerprint density at radius 3 is 1.09 bits per heavy atom. The quantitative estimate of drug-likeness (QED) is 0.0881. The van der Waals surface area contributed by atoms with Crippen molar-refractivity contribution in [2.75, 3.05) is 14.2 Å². The first-order chi connectivity index (χ1) is 16.2. The minimum atomic E-state index is -0.376. The van der Waals surface area contributed by atoms with Crippen molar-refractivity contribution in [1.82, 2.24) is 0 Å². The predicted molar refractivity (Wildman–Crippen MR) is 148 cm³/mol. The van der Waals surface area contributed by atoms with E-state index in [-0.39, 0.29) is 5.79 Å².